The molecule has 2 aromatic rings. The van der Waals surface area contributed by atoms with Gasteiger partial charge in [-0.05, 0) is 0 Å². The summed E-state index contributed by atoms with van der Waals surface area (Å²) in [5, 5.41) is 3.91. The molecular weight excluding hydrogens is 144 g/mol. The number of ether oxygens (including phenoxy) is 1. The minimum atomic E-state index is 0.491. The van der Waals surface area contributed by atoms with E-state index in [9.17, 15) is 0 Å². The Kier molecular flexibility index (Phi) is 1.21. The van der Waals surface area contributed by atoms with E-state index in [0.29, 0.717) is 11.5 Å². The van der Waals surface area contributed by atoms with E-state index in [1.165, 1.54) is 6.33 Å². The quantitative estimate of drug-likeness (QED) is 0.580. The van der Waals surface area contributed by atoms with Crippen LogP contribution in [-0.4, -0.2) is 26.7 Å². The molecule has 2 rings (SSSR count). The van der Waals surface area contributed by atoms with Crippen LogP contribution in [0.5, 0.6) is 5.88 Å². The zero-order valence-electron chi connectivity index (χ0n) is 5.93. The fourth-order valence-corrected chi connectivity index (χ4v) is 0.878. The van der Waals surface area contributed by atoms with Gasteiger partial charge in [0.2, 0.25) is 5.65 Å². The van der Waals surface area contributed by atoms with Crippen molar-refractivity contribution >= 4 is 5.65 Å². The van der Waals surface area contributed by atoms with E-state index in [1.54, 1.807) is 24.0 Å². The summed E-state index contributed by atoms with van der Waals surface area (Å²) in [7, 11) is 1.55. The number of nitrogens with zero attached hydrogens (tertiary/aromatic N) is 4. The number of methoxy groups -OCH3 is 1. The molecule has 0 aliphatic carbocycles. The summed E-state index contributed by atoms with van der Waals surface area (Å²) < 4.78 is 6.55. The summed E-state index contributed by atoms with van der Waals surface area (Å²) in [6.45, 7) is 0. The zero-order chi connectivity index (χ0) is 7.68. The van der Waals surface area contributed by atoms with Gasteiger partial charge >= 0.3 is 0 Å². The van der Waals surface area contributed by atoms with Gasteiger partial charge < -0.3 is 4.74 Å². The highest BCUT2D eigenvalue weighted by Crippen LogP contribution is 2.10. The first kappa shape index (κ1) is 6.09. The van der Waals surface area contributed by atoms with Crippen molar-refractivity contribution in [3.8, 4) is 5.88 Å². The second kappa shape index (κ2) is 2.19. The molecule has 0 saturated heterocycles. The third kappa shape index (κ3) is 0.813. The van der Waals surface area contributed by atoms with E-state index < -0.39 is 0 Å². The predicted octanol–water partition coefficient (Wildman–Crippen LogP) is 0.133. The van der Waals surface area contributed by atoms with E-state index in [2.05, 4.69) is 15.1 Å². The highest BCUT2D eigenvalue weighted by Gasteiger charge is 2.02. The largest absolute Gasteiger partial charge is 0.478 e. The van der Waals surface area contributed by atoms with E-state index in [4.69, 9.17) is 4.74 Å². The Bertz CT molecular complexity index is 369. The monoisotopic (exact) mass is 150 g/mol. The molecule has 5 nitrogen and oxygen atoms in total. The van der Waals surface area contributed by atoms with Crippen molar-refractivity contribution in [1.29, 1.82) is 0 Å². The van der Waals surface area contributed by atoms with Crippen molar-refractivity contribution in [3.63, 3.8) is 0 Å². The molecule has 0 aliphatic heterocycles. The lowest BCUT2D eigenvalue weighted by Gasteiger charge is -1.97. The predicted molar refractivity (Wildman–Crippen MR) is 37.3 cm³/mol. The Morgan fingerprint density at radius 3 is 3.18 bits per heavy atom. The number of hydrogen-bond donors (Lipinski definition) is 0. The summed E-state index contributed by atoms with van der Waals surface area (Å²) in [5.74, 6) is 0.491. The van der Waals surface area contributed by atoms with Crippen LogP contribution in [0.25, 0.3) is 5.65 Å². The molecule has 0 fully saturated rings. The van der Waals surface area contributed by atoms with E-state index >= 15 is 0 Å². The first-order chi connectivity index (χ1) is 5.42. The lowest BCUT2D eigenvalue weighted by Crippen LogP contribution is -1.93. The van der Waals surface area contributed by atoms with E-state index in [0.717, 1.165) is 0 Å². The normalized spacial score (nSPS) is 10.3. The summed E-state index contributed by atoms with van der Waals surface area (Å²) in [6.07, 6.45) is 4.78. The van der Waals surface area contributed by atoms with Gasteiger partial charge in [0.1, 0.15) is 6.33 Å². The zero-order valence-corrected chi connectivity index (χ0v) is 5.93. The van der Waals surface area contributed by atoms with E-state index in [-0.39, 0.29) is 0 Å². The topological polar surface area (TPSA) is 52.3 Å². The Morgan fingerprint density at radius 2 is 2.36 bits per heavy atom. The molecule has 0 aliphatic rings. The fourth-order valence-electron chi connectivity index (χ4n) is 0.878. The SMILES string of the molecule is COc1nccn2ncnc12. The maximum atomic E-state index is 4.95. The van der Waals surface area contributed by atoms with Crippen LogP contribution in [0.1, 0.15) is 0 Å². The average Bonchev–Trinajstić information content (AvgIpc) is 2.50. The molecule has 0 unspecified atom stereocenters. The molecule has 11 heavy (non-hydrogen) atoms. The highest BCUT2D eigenvalue weighted by molar-refractivity contribution is 5.46. The number of fused-ring (bicyclic) bond motifs is 1. The van der Waals surface area contributed by atoms with Gasteiger partial charge in [-0.15, -0.1) is 0 Å². The van der Waals surface area contributed by atoms with Crippen LogP contribution in [-0.2, 0) is 0 Å². The Labute approximate surface area is 62.7 Å². The Morgan fingerprint density at radius 1 is 1.45 bits per heavy atom. The molecule has 0 atom stereocenters. The lowest BCUT2D eigenvalue weighted by molar-refractivity contribution is 0.399. The summed E-state index contributed by atoms with van der Waals surface area (Å²) in [6, 6.07) is 0. The van der Waals surface area contributed by atoms with Crippen molar-refractivity contribution in [2.75, 3.05) is 7.11 Å². The Hall–Kier alpha value is -1.65. The molecule has 0 N–H and O–H groups in total. The summed E-state index contributed by atoms with van der Waals surface area (Å²) >= 11 is 0. The van der Waals surface area contributed by atoms with Gasteiger partial charge in [0, 0.05) is 12.4 Å². The standard InChI is InChI=1S/C6H6N4O/c1-11-6-5-8-4-9-10(5)3-2-7-6/h2-4H,1H3. The van der Waals surface area contributed by atoms with Crippen LogP contribution in [0, 0.1) is 0 Å². The fraction of sp³-hybridized carbons (Fsp3) is 0.167. The van der Waals surface area contributed by atoms with Gasteiger partial charge in [-0.25, -0.2) is 14.5 Å². The van der Waals surface area contributed by atoms with Crippen LogP contribution in [0.3, 0.4) is 0 Å². The number of aromatic nitrogens is 4. The van der Waals surface area contributed by atoms with Gasteiger partial charge in [-0.1, -0.05) is 0 Å². The molecule has 0 spiro atoms. The van der Waals surface area contributed by atoms with Crippen LogP contribution in [0.15, 0.2) is 18.7 Å². The number of rotatable bonds is 1. The highest BCUT2D eigenvalue weighted by atomic mass is 16.5. The summed E-state index contributed by atoms with van der Waals surface area (Å²) in [4.78, 5) is 7.91. The van der Waals surface area contributed by atoms with Gasteiger partial charge in [-0.3, -0.25) is 0 Å². The average molecular weight is 150 g/mol. The van der Waals surface area contributed by atoms with Crippen LogP contribution >= 0.6 is 0 Å². The van der Waals surface area contributed by atoms with Gasteiger partial charge in [-0.2, -0.15) is 5.10 Å². The summed E-state index contributed by atoms with van der Waals surface area (Å²) in [5.41, 5.74) is 0.634. The second-order valence-electron chi connectivity index (χ2n) is 1.96. The molecule has 5 heteroatoms. The lowest BCUT2D eigenvalue weighted by atomic mass is 10.7. The third-order valence-electron chi connectivity index (χ3n) is 1.36. The minimum absolute atomic E-state index is 0.491. The smallest absolute Gasteiger partial charge is 0.259 e. The second-order valence-corrected chi connectivity index (χ2v) is 1.96. The maximum Gasteiger partial charge on any atom is 0.259 e. The first-order valence-electron chi connectivity index (χ1n) is 3.10. The van der Waals surface area contributed by atoms with Crippen molar-refractivity contribution < 1.29 is 4.74 Å². The molecule has 0 aromatic carbocycles. The van der Waals surface area contributed by atoms with Gasteiger partial charge in [0.15, 0.2) is 0 Å². The first-order valence-corrected chi connectivity index (χ1v) is 3.10. The van der Waals surface area contributed by atoms with Crippen molar-refractivity contribution in [3.05, 3.63) is 18.7 Å². The van der Waals surface area contributed by atoms with Crippen molar-refractivity contribution in [1.82, 2.24) is 19.6 Å². The van der Waals surface area contributed by atoms with Crippen LogP contribution in [0.4, 0.5) is 0 Å². The number of hydrogen-bond acceptors (Lipinski definition) is 4. The van der Waals surface area contributed by atoms with Crippen LogP contribution in [0.2, 0.25) is 0 Å². The van der Waals surface area contributed by atoms with Gasteiger partial charge in [0.25, 0.3) is 5.88 Å². The molecule has 0 bridgehead atoms. The molecule has 0 radical (unpaired) electrons. The van der Waals surface area contributed by atoms with Gasteiger partial charge in [0.05, 0.1) is 7.11 Å². The molecule has 0 amide bonds. The molecule has 2 aromatic heterocycles. The Balaban J connectivity index is 2.79. The van der Waals surface area contributed by atoms with Crippen molar-refractivity contribution in [2.24, 2.45) is 0 Å². The van der Waals surface area contributed by atoms with Crippen molar-refractivity contribution in [2.45, 2.75) is 0 Å². The molecule has 56 valence electrons. The van der Waals surface area contributed by atoms with E-state index in [1.807, 2.05) is 0 Å². The van der Waals surface area contributed by atoms with Crippen LogP contribution < -0.4 is 4.74 Å². The maximum absolute atomic E-state index is 4.95. The molecule has 2 heterocycles. The molecule has 0 saturated carbocycles. The minimum Gasteiger partial charge on any atom is -0.478 e. The molecular formula is C6H6N4O. The third-order valence-corrected chi connectivity index (χ3v) is 1.36.